The second kappa shape index (κ2) is 8.00. The van der Waals surface area contributed by atoms with Crippen LogP contribution in [0, 0.1) is 11.3 Å². The molecule has 1 fully saturated rings. The van der Waals surface area contributed by atoms with Gasteiger partial charge >= 0.3 is 11.7 Å². The van der Waals surface area contributed by atoms with Gasteiger partial charge in [-0.3, -0.25) is 14.8 Å². The summed E-state index contributed by atoms with van der Waals surface area (Å²) in [5.41, 5.74) is 11.0. The number of nitrogens with zero attached hydrogens (tertiary/aromatic N) is 2. The minimum atomic E-state index is -0.686. The molecular formula is C15H26N6O3. The van der Waals surface area contributed by atoms with E-state index < -0.39 is 5.97 Å². The number of rotatable bonds is 8. The van der Waals surface area contributed by atoms with E-state index in [1.165, 1.54) is 4.57 Å². The lowest BCUT2D eigenvalue weighted by Crippen LogP contribution is -2.36. The molecule has 7 N–H and O–H groups in total. The topological polar surface area (TPSA) is 154 Å². The molecule has 1 aromatic rings. The van der Waals surface area contributed by atoms with Crippen molar-refractivity contribution >= 4 is 17.6 Å². The van der Waals surface area contributed by atoms with E-state index in [1.807, 2.05) is 0 Å². The van der Waals surface area contributed by atoms with Gasteiger partial charge in [0.2, 0.25) is 0 Å². The Morgan fingerprint density at radius 1 is 1.25 bits per heavy atom. The normalized spacial score (nSPS) is 16.3. The highest BCUT2D eigenvalue weighted by Gasteiger charge is 2.23. The Balaban J connectivity index is 1.68. The van der Waals surface area contributed by atoms with Crippen LogP contribution in [0.25, 0.3) is 0 Å². The largest absolute Gasteiger partial charge is 0.481 e. The number of anilines is 1. The van der Waals surface area contributed by atoms with Gasteiger partial charge in [-0.05, 0) is 45.3 Å². The van der Waals surface area contributed by atoms with Crippen LogP contribution in [0.3, 0.4) is 0 Å². The summed E-state index contributed by atoms with van der Waals surface area (Å²) < 4.78 is 1.41. The third-order valence-corrected chi connectivity index (χ3v) is 4.59. The molecule has 134 valence electrons. The van der Waals surface area contributed by atoms with Crippen LogP contribution >= 0.6 is 0 Å². The van der Waals surface area contributed by atoms with Crippen LogP contribution in [0.4, 0.5) is 5.82 Å². The number of H-pyrrole nitrogens is 1. The highest BCUT2D eigenvalue weighted by molar-refractivity contribution is 5.97. The molecule has 0 atom stereocenters. The van der Waals surface area contributed by atoms with Crippen molar-refractivity contribution in [2.45, 2.75) is 38.6 Å². The first-order valence-electron chi connectivity index (χ1n) is 8.28. The minimum Gasteiger partial charge on any atom is -0.481 e. The molecule has 1 saturated heterocycles. The maximum atomic E-state index is 11.8. The van der Waals surface area contributed by atoms with Crippen molar-refractivity contribution in [2.75, 3.05) is 25.4 Å². The van der Waals surface area contributed by atoms with Gasteiger partial charge in [0.25, 0.3) is 0 Å². The number of likely N-dealkylation sites (tertiary alicyclic amines) is 1. The zero-order valence-corrected chi connectivity index (χ0v) is 13.8. The lowest BCUT2D eigenvalue weighted by molar-refractivity contribution is -0.143. The van der Waals surface area contributed by atoms with E-state index in [0.29, 0.717) is 6.54 Å². The van der Waals surface area contributed by atoms with Gasteiger partial charge in [0.15, 0.2) is 0 Å². The number of piperidine rings is 1. The molecule has 0 amide bonds. The lowest BCUT2D eigenvalue weighted by atomic mass is 9.97. The molecule has 9 heteroatoms. The van der Waals surface area contributed by atoms with Crippen LogP contribution in [0.1, 0.15) is 37.8 Å². The fourth-order valence-corrected chi connectivity index (χ4v) is 3.10. The highest BCUT2D eigenvalue weighted by Crippen LogP contribution is 2.17. The van der Waals surface area contributed by atoms with Crippen molar-refractivity contribution in [3.8, 4) is 0 Å². The Bertz CT molecular complexity index is 642. The summed E-state index contributed by atoms with van der Waals surface area (Å²) in [5.74, 6) is -0.911. The second-order valence-corrected chi connectivity index (χ2v) is 6.27. The molecule has 0 spiro atoms. The molecule has 0 radical (unpaired) electrons. The fraction of sp³-hybridized carbons (Fsp3) is 0.667. The van der Waals surface area contributed by atoms with Gasteiger partial charge in [0.1, 0.15) is 17.3 Å². The van der Waals surface area contributed by atoms with Crippen LogP contribution in [0.5, 0.6) is 0 Å². The number of aliphatic carboxylic acids is 1. The third kappa shape index (κ3) is 4.38. The van der Waals surface area contributed by atoms with Gasteiger partial charge in [-0.2, -0.15) is 0 Å². The molecule has 0 unspecified atom stereocenters. The number of imidazole rings is 1. The molecular weight excluding hydrogens is 312 g/mol. The van der Waals surface area contributed by atoms with Crippen LogP contribution in [0.15, 0.2) is 4.79 Å². The molecule has 0 bridgehead atoms. The van der Waals surface area contributed by atoms with Crippen molar-refractivity contribution < 1.29 is 9.90 Å². The Morgan fingerprint density at radius 3 is 2.42 bits per heavy atom. The molecule has 0 aliphatic carbocycles. The zero-order chi connectivity index (χ0) is 17.7. The summed E-state index contributed by atoms with van der Waals surface area (Å²) in [6.07, 6.45) is 4.20. The van der Waals surface area contributed by atoms with Crippen molar-refractivity contribution in [3.05, 3.63) is 16.2 Å². The van der Waals surface area contributed by atoms with E-state index in [1.54, 1.807) is 0 Å². The second-order valence-electron chi connectivity index (χ2n) is 6.27. The molecule has 1 aromatic heterocycles. The van der Waals surface area contributed by atoms with Crippen LogP contribution in [-0.2, 0) is 11.3 Å². The van der Waals surface area contributed by atoms with Crippen molar-refractivity contribution in [1.29, 1.82) is 5.41 Å². The van der Waals surface area contributed by atoms with Gasteiger partial charge in [-0.25, -0.2) is 4.79 Å². The van der Waals surface area contributed by atoms with Gasteiger partial charge in [0, 0.05) is 6.54 Å². The van der Waals surface area contributed by atoms with Gasteiger partial charge < -0.3 is 26.5 Å². The lowest BCUT2D eigenvalue weighted by Gasteiger charge is -2.29. The molecule has 2 rings (SSSR count). The number of carboxylic acid groups (broad SMARTS) is 1. The molecule has 9 nitrogen and oxygen atoms in total. The first kappa shape index (κ1) is 18.1. The molecule has 1 aliphatic rings. The Labute approximate surface area is 140 Å². The number of hydrogen-bond acceptors (Lipinski definition) is 5. The van der Waals surface area contributed by atoms with E-state index in [0.717, 1.165) is 51.7 Å². The fourth-order valence-electron chi connectivity index (χ4n) is 3.10. The Kier molecular flexibility index (Phi) is 6.02. The highest BCUT2D eigenvalue weighted by atomic mass is 16.4. The third-order valence-electron chi connectivity index (χ3n) is 4.59. The van der Waals surface area contributed by atoms with Crippen LogP contribution in [-0.4, -0.2) is 51.0 Å². The number of nitrogens with one attached hydrogen (secondary N) is 2. The van der Waals surface area contributed by atoms with E-state index in [9.17, 15) is 9.59 Å². The first-order chi connectivity index (χ1) is 11.4. The number of aromatic nitrogens is 2. The summed E-state index contributed by atoms with van der Waals surface area (Å²) in [6.45, 7) is 3.12. The number of aromatic amines is 1. The van der Waals surface area contributed by atoms with Crippen LogP contribution in [0.2, 0.25) is 0 Å². The quantitative estimate of drug-likeness (QED) is 0.255. The van der Waals surface area contributed by atoms with E-state index in [-0.39, 0.29) is 29.0 Å². The summed E-state index contributed by atoms with van der Waals surface area (Å²) in [4.78, 5) is 27.5. The summed E-state index contributed by atoms with van der Waals surface area (Å²) in [6, 6.07) is 0. The van der Waals surface area contributed by atoms with E-state index >= 15 is 0 Å². The molecule has 1 aliphatic heterocycles. The summed E-state index contributed by atoms with van der Waals surface area (Å²) in [5, 5.41) is 16.3. The average Bonchev–Trinajstić information content (AvgIpc) is 2.83. The van der Waals surface area contributed by atoms with Crippen LogP contribution < -0.4 is 17.2 Å². The van der Waals surface area contributed by atoms with Crippen molar-refractivity contribution in [2.24, 2.45) is 11.7 Å². The van der Waals surface area contributed by atoms with Crippen molar-refractivity contribution in [1.82, 2.24) is 14.5 Å². The smallest absolute Gasteiger partial charge is 0.327 e. The predicted octanol–water partition coefficient (Wildman–Crippen LogP) is 0.00957. The zero-order valence-electron chi connectivity index (χ0n) is 13.8. The van der Waals surface area contributed by atoms with E-state index in [2.05, 4.69) is 9.88 Å². The standard InChI is InChI=1S/C15H26N6O3/c16-12(17)11-13(18)21(15(24)19-11)7-3-1-2-6-20-8-4-10(5-9-20)14(22)23/h10H,1-9,18H2,(H3,16,17)(H,19,24)(H,22,23). The number of carbonyl (C=O) groups is 1. The van der Waals surface area contributed by atoms with Gasteiger partial charge in [-0.15, -0.1) is 0 Å². The number of carboxylic acids is 1. The monoisotopic (exact) mass is 338 g/mol. The first-order valence-corrected chi connectivity index (χ1v) is 8.28. The summed E-state index contributed by atoms with van der Waals surface area (Å²) in [7, 11) is 0. The number of amidine groups is 1. The minimum absolute atomic E-state index is 0.182. The molecule has 2 heterocycles. The molecule has 0 aromatic carbocycles. The van der Waals surface area contributed by atoms with E-state index in [4.69, 9.17) is 22.0 Å². The number of unbranched alkanes of at least 4 members (excludes halogenated alkanes) is 2. The predicted molar refractivity (Wildman–Crippen MR) is 91.1 cm³/mol. The van der Waals surface area contributed by atoms with Crippen molar-refractivity contribution in [3.63, 3.8) is 0 Å². The van der Waals surface area contributed by atoms with Gasteiger partial charge in [-0.1, -0.05) is 6.42 Å². The Hall–Kier alpha value is -2.29. The number of nitrogens with two attached hydrogens (primary N) is 2. The average molecular weight is 338 g/mol. The summed E-state index contributed by atoms with van der Waals surface area (Å²) >= 11 is 0. The SMILES string of the molecule is N=C(N)c1[nH]c(=O)n(CCCCCN2CCC(C(=O)O)CC2)c1N. The molecule has 24 heavy (non-hydrogen) atoms. The maximum absolute atomic E-state index is 11.8. The number of hydrogen-bond donors (Lipinski definition) is 5. The molecule has 0 saturated carbocycles. The Morgan fingerprint density at radius 2 is 1.88 bits per heavy atom. The van der Waals surface area contributed by atoms with Gasteiger partial charge in [0.05, 0.1) is 5.92 Å². The maximum Gasteiger partial charge on any atom is 0.327 e. The number of nitrogen functional groups attached to an aromatic ring is 2.